The van der Waals surface area contributed by atoms with E-state index in [0.717, 1.165) is 5.34 Å². The van der Waals surface area contributed by atoms with Gasteiger partial charge in [0.05, 0.1) is 0 Å². The van der Waals surface area contributed by atoms with Crippen LogP contribution in [0.1, 0.15) is 0 Å². The number of hydrogen-bond acceptors (Lipinski definition) is 0. The molecule has 0 unspecified atom stereocenters. The van der Waals surface area contributed by atoms with Gasteiger partial charge in [0, 0.05) is 0 Å². The Balaban J connectivity index is -0.0000000200. The van der Waals surface area contributed by atoms with Gasteiger partial charge >= 0.3 is 59.1 Å². The SMILES string of the molecule is Cl[CH-]Cl.[Na+].[Na+]. The Morgan fingerprint density at radius 2 is 1.00 bits per heavy atom. The van der Waals surface area contributed by atoms with E-state index in [0.29, 0.717) is 0 Å². The van der Waals surface area contributed by atoms with Crippen molar-refractivity contribution >= 4 is 23.2 Å². The van der Waals surface area contributed by atoms with E-state index >= 15 is 0 Å². The van der Waals surface area contributed by atoms with Crippen molar-refractivity contribution in [1.82, 2.24) is 0 Å². The van der Waals surface area contributed by atoms with Gasteiger partial charge in [-0.3, -0.25) is 0 Å². The van der Waals surface area contributed by atoms with E-state index in [1.165, 1.54) is 0 Å². The summed E-state index contributed by atoms with van der Waals surface area (Å²) in [5.74, 6) is 0. The van der Waals surface area contributed by atoms with Gasteiger partial charge in [0.15, 0.2) is 0 Å². The summed E-state index contributed by atoms with van der Waals surface area (Å²) in [7, 11) is 0. The first-order valence-electron chi connectivity index (χ1n) is 0.436. The molecule has 20 valence electrons. The third-order valence-corrected chi connectivity index (χ3v) is 0. The molecule has 0 aromatic rings. The van der Waals surface area contributed by atoms with Crippen LogP contribution in [0.2, 0.25) is 0 Å². The van der Waals surface area contributed by atoms with Gasteiger partial charge < -0.3 is 23.2 Å². The first-order valence-corrected chi connectivity index (χ1v) is 1.31. The molecule has 0 saturated carbocycles. The third-order valence-electron chi connectivity index (χ3n) is 0. The molecular weight excluding hydrogens is 129 g/mol. The van der Waals surface area contributed by atoms with Crippen LogP contribution in [-0.4, -0.2) is 0 Å². The molecule has 0 N–H and O–H groups in total. The predicted octanol–water partition coefficient (Wildman–Crippen LogP) is -4.41. The summed E-state index contributed by atoms with van der Waals surface area (Å²) >= 11 is 9.28. The van der Waals surface area contributed by atoms with Crippen LogP contribution in [0.15, 0.2) is 0 Å². The van der Waals surface area contributed by atoms with Gasteiger partial charge in [-0.2, -0.15) is 5.34 Å². The zero-order chi connectivity index (χ0) is 2.71. The Bertz CT molecular complexity index is 7.61. The normalized spacial score (nSPS) is 3.60. The molecule has 0 heterocycles. The van der Waals surface area contributed by atoms with Crippen molar-refractivity contribution in [2.75, 3.05) is 0 Å². The summed E-state index contributed by atoms with van der Waals surface area (Å²) in [6.45, 7) is 0. The van der Waals surface area contributed by atoms with Gasteiger partial charge in [-0.15, -0.1) is 0 Å². The topological polar surface area (TPSA) is 0 Å². The molecule has 0 radical (unpaired) electrons. The van der Waals surface area contributed by atoms with Crippen molar-refractivity contribution in [1.29, 1.82) is 0 Å². The molecule has 0 amide bonds. The Hall–Kier alpha value is 2.58. The predicted molar refractivity (Wildman–Crippen MR) is 16.0 cm³/mol. The Labute approximate surface area is 86.2 Å². The van der Waals surface area contributed by atoms with Crippen LogP contribution in [-0.2, 0) is 0 Å². The van der Waals surface area contributed by atoms with E-state index < -0.39 is 0 Å². The molecular formula is CHCl2Na2+. The minimum absolute atomic E-state index is 0. The second-order valence-corrected chi connectivity index (χ2v) is 0.742. The van der Waals surface area contributed by atoms with Gasteiger partial charge in [-0.05, 0) is 0 Å². The van der Waals surface area contributed by atoms with Crippen molar-refractivity contribution in [3.05, 3.63) is 5.34 Å². The molecule has 0 aliphatic rings. The van der Waals surface area contributed by atoms with Gasteiger partial charge in [0.25, 0.3) is 0 Å². The molecule has 0 aliphatic carbocycles. The molecule has 0 bridgehead atoms. The maximum Gasteiger partial charge on any atom is 1.00 e. The van der Waals surface area contributed by atoms with E-state index in [-0.39, 0.29) is 59.1 Å². The van der Waals surface area contributed by atoms with Gasteiger partial charge in [-0.1, -0.05) is 0 Å². The Morgan fingerprint density at radius 1 is 1.00 bits per heavy atom. The molecule has 0 rings (SSSR count). The second-order valence-electron chi connectivity index (χ2n) is 0.0825. The zero-order valence-electron chi connectivity index (χ0n) is 3.33. The average Bonchev–Trinajstić information content (AvgIpc) is 0.918. The summed E-state index contributed by atoms with van der Waals surface area (Å²) in [4.78, 5) is 0. The van der Waals surface area contributed by atoms with Crippen LogP contribution in [0.4, 0.5) is 0 Å². The Kier molecular flexibility index (Phi) is 50.0. The van der Waals surface area contributed by atoms with Crippen molar-refractivity contribution in [2.45, 2.75) is 0 Å². The van der Waals surface area contributed by atoms with Crippen molar-refractivity contribution in [3.63, 3.8) is 0 Å². The molecule has 5 heavy (non-hydrogen) atoms. The molecule has 0 spiro atoms. The number of halogens is 2. The zero-order valence-corrected chi connectivity index (χ0v) is 8.85. The fourth-order valence-electron chi connectivity index (χ4n) is 0. The quantitative estimate of drug-likeness (QED) is 0.229. The monoisotopic (exact) mass is 129 g/mol. The fourth-order valence-corrected chi connectivity index (χ4v) is 0. The second kappa shape index (κ2) is 16.0. The maximum atomic E-state index is 4.64. The smallest absolute Gasteiger partial charge is 0.333 e. The minimum Gasteiger partial charge on any atom is -0.333 e. The van der Waals surface area contributed by atoms with Crippen LogP contribution in [0.5, 0.6) is 0 Å². The standard InChI is InChI=1S/CHCl2.2Na/c2-1-3;;/h1H;;/q-1;2*+1. The largest absolute Gasteiger partial charge is 1.00 e. The maximum absolute atomic E-state index is 4.64. The molecule has 0 aliphatic heterocycles. The van der Waals surface area contributed by atoms with Crippen LogP contribution in [0.3, 0.4) is 0 Å². The molecule has 0 nitrogen and oxygen atoms in total. The first kappa shape index (κ1) is 15.6. The molecule has 0 aromatic heterocycles. The number of rotatable bonds is 0. The summed E-state index contributed by atoms with van der Waals surface area (Å²) < 4.78 is 0. The van der Waals surface area contributed by atoms with Gasteiger partial charge in [0.1, 0.15) is 0 Å². The summed E-state index contributed by atoms with van der Waals surface area (Å²) in [6, 6.07) is 0. The molecule has 0 atom stereocenters. The summed E-state index contributed by atoms with van der Waals surface area (Å²) in [5.41, 5.74) is 0. The third kappa shape index (κ3) is 20.7. The van der Waals surface area contributed by atoms with Crippen LogP contribution in [0.25, 0.3) is 0 Å². The van der Waals surface area contributed by atoms with E-state index in [9.17, 15) is 0 Å². The number of hydrogen-bond donors (Lipinski definition) is 0. The molecule has 0 fully saturated rings. The van der Waals surface area contributed by atoms with Crippen LogP contribution >= 0.6 is 23.2 Å². The molecule has 0 saturated heterocycles. The van der Waals surface area contributed by atoms with Crippen molar-refractivity contribution in [3.8, 4) is 0 Å². The molecule has 0 aromatic carbocycles. The summed E-state index contributed by atoms with van der Waals surface area (Å²) in [6.07, 6.45) is 0. The van der Waals surface area contributed by atoms with Crippen molar-refractivity contribution < 1.29 is 59.1 Å². The van der Waals surface area contributed by atoms with E-state index in [4.69, 9.17) is 0 Å². The van der Waals surface area contributed by atoms with E-state index in [1.807, 2.05) is 0 Å². The molecule has 4 heteroatoms. The van der Waals surface area contributed by atoms with Crippen molar-refractivity contribution in [2.24, 2.45) is 0 Å². The van der Waals surface area contributed by atoms with Gasteiger partial charge in [-0.25, -0.2) is 0 Å². The first-order chi connectivity index (χ1) is 1.41. The van der Waals surface area contributed by atoms with Gasteiger partial charge in [0.2, 0.25) is 0 Å². The van der Waals surface area contributed by atoms with E-state index in [2.05, 4.69) is 23.2 Å². The fraction of sp³-hybridized carbons (Fsp3) is 0. The minimum atomic E-state index is 0. The van der Waals surface area contributed by atoms with Crippen LogP contribution in [0, 0.1) is 5.34 Å². The average molecular weight is 130 g/mol. The van der Waals surface area contributed by atoms with Crippen LogP contribution < -0.4 is 59.1 Å². The van der Waals surface area contributed by atoms with E-state index in [1.54, 1.807) is 0 Å². The Morgan fingerprint density at radius 3 is 1.00 bits per heavy atom. The summed E-state index contributed by atoms with van der Waals surface area (Å²) in [5, 5.41) is 0.944.